The first-order valence-electron chi connectivity index (χ1n) is 9.16. The molecular weight excluding hydrogens is 383 g/mol. The van der Waals surface area contributed by atoms with Gasteiger partial charge in [0.25, 0.3) is 0 Å². The molecule has 0 aliphatic carbocycles. The molecule has 0 spiro atoms. The molecule has 1 heterocycles. The Morgan fingerprint density at radius 1 is 1.25 bits per heavy atom. The number of benzene rings is 2. The minimum absolute atomic E-state index is 0.0337. The highest BCUT2D eigenvalue weighted by molar-refractivity contribution is 7.89. The topological polar surface area (TPSA) is 75.7 Å². The molecule has 2 aromatic rings. The SMILES string of the molecule is CCOC(=O)c1cccc(S(=O)(=O)NCC2CCN(c3ccc(F)cc3)C2)c1. The van der Waals surface area contributed by atoms with Crippen LogP contribution in [0.2, 0.25) is 0 Å². The summed E-state index contributed by atoms with van der Waals surface area (Å²) in [5.41, 5.74) is 1.13. The van der Waals surface area contributed by atoms with E-state index in [-0.39, 0.29) is 28.8 Å². The van der Waals surface area contributed by atoms with E-state index < -0.39 is 16.0 Å². The average Bonchev–Trinajstić information content (AvgIpc) is 3.16. The lowest BCUT2D eigenvalue weighted by Crippen LogP contribution is -2.31. The third kappa shape index (κ3) is 4.88. The van der Waals surface area contributed by atoms with Crippen molar-refractivity contribution in [3.8, 4) is 0 Å². The van der Waals surface area contributed by atoms with Crippen LogP contribution in [0, 0.1) is 11.7 Å². The zero-order valence-corrected chi connectivity index (χ0v) is 16.4. The number of nitrogens with zero attached hydrogens (tertiary/aromatic N) is 1. The van der Waals surface area contributed by atoms with Gasteiger partial charge in [0, 0.05) is 25.3 Å². The van der Waals surface area contributed by atoms with Gasteiger partial charge in [-0.25, -0.2) is 22.3 Å². The fourth-order valence-corrected chi connectivity index (χ4v) is 4.36. The van der Waals surface area contributed by atoms with Crippen LogP contribution in [-0.4, -0.2) is 40.6 Å². The molecule has 8 heteroatoms. The molecule has 1 unspecified atom stereocenters. The maximum atomic E-state index is 13.1. The number of hydrogen-bond donors (Lipinski definition) is 1. The smallest absolute Gasteiger partial charge is 0.338 e. The van der Waals surface area contributed by atoms with Crippen LogP contribution in [0.15, 0.2) is 53.4 Å². The van der Waals surface area contributed by atoms with E-state index in [0.29, 0.717) is 13.1 Å². The first-order chi connectivity index (χ1) is 13.4. The summed E-state index contributed by atoms with van der Waals surface area (Å²) in [5, 5.41) is 0. The molecular formula is C20H23FN2O4S. The van der Waals surface area contributed by atoms with Gasteiger partial charge in [0.2, 0.25) is 10.0 Å². The minimum Gasteiger partial charge on any atom is -0.462 e. The molecule has 0 radical (unpaired) electrons. The lowest BCUT2D eigenvalue weighted by molar-refractivity contribution is 0.0526. The van der Waals surface area contributed by atoms with Gasteiger partial charge in [-0.1, -0.05) is 6.07 Å². The molecule has 1 atom stereocenters. The molecule has 1 aliphatic rings. The van der Waals surface area contributed by atoms with Gasteiger partial charge in [0.15, 0.2) is 0 Å². The second kappa shape index (κ2) is 8.70. The van der Waals surface area contributed by atoms with Crippen LogP contribution in [-0.2, 0) is 14.8 Å². The molecule has 6 nitrogen and oxygen atoms in total. The second-order valence-corrected chi connectivity index (χ2v) is 8.44. The largest absolute Gasteiger partial charge is 0.462 e. The standard InChI is InChI=1S/C20H23FN2O4S/c1-2-27-20(24)16-4-3-5-19(12-16)28(25,26)22-13-15-10-11-23(14-15)18-8-6-17(21)7-9-18/h3-9,12,15,22H,2,10-11,13-14H2,1H3. The van der Waals surface area contributed by atoms with Crippen LogP contribution in [0.3, 0.4) is 0 Å². The van der Waals surface area contributed by atoms with Crippen molar-refractivity contribution in [1.82, 2.24) is 4.72 Å². The predicted molar refractivity (Wildman–Crippen MR) is 104 cm³/mol. The van der Waals surface area contributed by atoms with E-state index in [9.17, 15) is 17.6 Å². The van der Waals surface area contributed by atoms with Crippen molar-refractivity contribution < 1.29 is 22.3 Å². The van der Waals surface area contributed by atoms with Crippen LogP contribution in [0.1, 0.15) is 23.7 Å². The summed E-state index contributed by atoms with van der Waals surface area (Å²) >= 11 is 0. The van der Waals surface area contributed by atoms with E-state index in [0.717, 1.165) is 18.7 Å². The van der Waals surface area contributed by atoms with Crippen molar-refractivity contribution in [2.45, 2.75) is 18.2 Å². The highest BCUT2D eigenvalue weighted by atomic mass is 32.2. The predicted octanol–water partition coefficient (Wildman–Crippen LogP) is 2.81. The number of hydrogen-bond acceptors (Lipinski definition) is 5. The maximum absolute atomic E-state index is 13.1. The lowest BCUT2D eigenvalue weighted by Gasteiger charge is -2.19. The molecule has 150 valence electrons. The highest BCUT2D eigenvalue weighted by Crippen LogP contribution is 2.24. The minimum atomic E-state index is -3.73. The summed E-state index contributed by atoms with van der Waals surface area (Å²) in [6, 6.07) is 12.1. The average molecular weight is 406 g/mol. The molecule has 0 bridgehead atoms. The zero-order chi connectivity index (χ0) is 20.1. The van der Waals surface area contributed by atoms with Gasteiger partial charge in [-0.3, -0.25) is 0 Å². The molecule has 1 N–H and O–H groups in total. The Labute approximate surface area is 164 Å². The highest BCUT2D eigenvalue weighted by Gasteiger charge is 2.25. The van der Waals surface area contributed by atoms with Crippen molar-refractivity contribution >= 4 is 21.7 Å². The number of rotatable bonds is 7. The first kappa shape index (κ1) is 20.3. The Morgan fingerprint density at radius 3 is 2.71 bits per heavy atom. The Balaban J connectivity index is 1.60. The van der Waals surface area contributed by atoms with Gasteiger partial charge in [-0.2, -0.15) is 0 Å². The van der Waals surface area contributed by atoms with Crippen molar-refractivity contribution in [3.05, 3.63) is 59.9 Å². The molecule has 3 rings (SSSR count). The Bertz CT molecular complexity index is 931. The van der Waals surface area contributed by atoms with Crippen molar-refractivity contribution in [2.75, 3.05) is 31.1 Å². The summed E-state index contributed by atoms with van der Waals surface area (Å²) in [6.45, 7) is 3.69. The summed E-state index contributed by atoms with van der Waals surface area (Å²) in [5.74, 6) is -0.685. The van der Waals surface area contributed by atoms with Gasteiger partial charge in [0.1, 0.15) is 5.82 Å². The quantitative estimate of drug-likeness (QED) is 0.716. The molecule has 1 aliphatic heterocycles. The van der Waals surface area contributed by atoms with Crippen molar-refractivity contribution in [3.63, 3.8) is 0 Å². The van der Waals surface area contributed by atoms with Gasteiger partial charge in [0.05, 0.1) is 17.1 Å². The molecule has 2 aromatic carbocycles. The summed E-state index contributed by atoms with van der Waals surface area (Å²) in [7, 11) is -3.73. The molecule has 0 amide bonds. The number of nitrogens with one attached hydrogen (secondary N) is 1. The third-order valence-corrected chi connectivity index (χ3v) is 6.12. The van der Waals surface area contributed by atoms with Crippen molar-refractivity contribution in [1.29, 1.82) is 0 Å². The van der Waals surface area contributed by atoms with E-state index in [2.05, 4.69) is 9.62 Å². The van der Waals surface area contributed by atoms with Crippen LogP contribution in [0.4, 0.5) is 10.1 Å². The lowest BCUT2D eigenvalue weighted by atomic mass is 10.1. The fraction of sp³-hybridized carbons (Fsp3) is 0.350. The zero-order valence-electron chi connectivity index (χ0n) is 15.6. The van der Waals surface area contributed by atoms with Gasteiger partial charge in [-0.15, -0.1) is 0 Å². The monoisotopic (exact) mass is 406 g/mol. The number of carbonyl (C=O) groups excluding carboxylic acids is 1. The van der Waals surface area contributed by atoms with E-state index in [4.69, 9.17) is 4.74 Å². The van der Waals surface area contributed by atoms with E-state index in [1.54, 1.807) is 19.1 Å². The summed E-state index contributed by atoms with van der Waals surface area (Å²) in [4.78, 5) is 14.0. The molecule has 1 saturated heterocycles. The molecule has 0 aromatic heterocycles. The van der Waals surface area contributed by atoms with Crippen LogP contribution >= 0.6 is 0 Å². The number of esters is 1. The Kier molecular flexibility index (Phi) is 6.31. The third-order valence-electron chi connectivity index (χ3n) is 4.70. The number of sulfonamides is 1. The summed E-state index contributed by atoms with van der Waals surface area (Å²) in [6.07, 6.45) is 0.836. The number of halogens is 1. The molecule has 0 saturated carbocycles. The molecule has 1 fully saturated rings. The Hall–Kier alpha value is -2.45. The number of ether oxygens (including phenoxy) is 1. The number of carbonyl (C=O) groups is 1. The maximum Gasteiger partial charge on any atom is 0.338 e. The first-order valence-corrected chi connectivity index (χ1v) is 10.6. The fourth-order valence-electron chi connectivity index (χ4n) is 3.20. The molecule has 28 heavy (non-hydrogen) atoms. The van der Waals surface area contributed by atoms with E-state index in [1.165, 1.54) is 36.4 Å². The van der Waals surface area contributed by atoms with Crippen LogP contribution in [0.25, 0.3) is 0 Å². The Morgan fingerprint density at radius 2 is 2.00 bits per heavy atom. The van der Waals surface area contributed by atoms with Crippen molar-refractivity contribution in [2.24, 2.45) is 5.92 Å². The van der Waals surface area contributed by atoms with Crippen LogP contribution in [0.5, 0.6) is 0 Å². The normalized spacial score (nSPS) is 16.9. The van der Waals surface area contributed by atoms with Gasteiger partial charge < -0.3 is 9.64 Å². The van der Waals surface area contributed by atoms with E-state index >= 15 is 0 Å². The van der Waals surface area contributed by atoms with Gasteiger partial charge in [-0.05, 0) is 61.7 Å². The second-order valence-electron chi connectivity index (χ2n) is 6.68. The van der Waals surface area contributed by atoms with Gasteiger partial charge >= 0.3 is 5.97 Å². The van der Waals surface area contributed by atoms with E-state index in [1.807, 2.05) is 0 Å². The van der Waals surface area contributed by atoms with Crippen LogP contribution < -0.4 is 9.62 Å². The summed E-state index contributed by atoms with van der Waals surface area (Å²) < 4.78 is 45.8. The number of anilines is 1.